The van der Waals surface area contributed by atoms with Gasteiger partial charge in [0.2, 0.25) is 0 Å². The van der Waals surface area contributed by atoms with Gasteiger partial charge in [-0.3, -0.25) is 4.90 Å². The van der Waals surface area contributed by atoms with Crippen molar-refractivity contribution in [2.24, 2.45) is 0 Å². The van der Waals surface area contributed by atoms with Crippen molar-refractivity contribution >= 4 is 21.8 Å². The molecule has 4 heteroatoms. The second-order valence-corrected chi connectivity index (χ2v) is 5.39. The molecule has 0 saturated heterocycles. The Kier molecular flexibility index (Phi) is 4.63. The van der Waals surface area contributed by atoms with Gasteiger partial charge in [-0.1, -0.05) is 36.4 Å². The van der Waals surface area contributed by atoms with Gasteiger partial charge in [0.25, 0.3) is 0 Å². The zero-order valence-electron chi connectivity index (χ0n) is 12.4. The third-order valence-corrected chi connectivity index (χ3v) is 3.86. The lowest BCUT2D eigenvalue weighted by Crippen LogP contribution is -2.29. The minimum Gasteiger partial charge on any atom is -0.395 e. The van der Waals surface area contributed by atoms with Gasteiger partial charge >= 0.3 is 0 Å². The fourth-order valence-corrected chi connectivity index (χ4v) is 2.78. The van der Waals surface area contributed by atoms with E-state index in [1.165, 1.54) is 0 Å². The van der Waals surface area contributed by atoms with Gasteiger partial charge in [0.05, 0.1) is 24.2 Å². The summed E-state index contributed by atoms with van der Waals surface area (Å²) in [7, 11) is 0. The van der Waals surface area contributed by atoms with E-state index in [-0.39, 0.29) is 13.2 Å². The Balaban J connectivity index is 2.03. The van der Waals surface area contributed by atoms with Crippen LogP contribution in [0.25, 0.3) is 21.8 Å². The molecular formula is C18H20N2O2. The summed E-state index contributed by atoms with van der Waals surface area (Å²) < 4.78 is 0. The first-order valence-corrected chi connectivity index (χ1v) is 7.53. The van der Waals surface area contributed by atoms with E-state index >= 15 is 0 Å². The largest absolute Gasteiger partial charge is 0.395 e. The van der Waals surface area contributed by atoms with Crippen LogP contribution in [0.15, 0.2) is 48.5 Å². The maximum atomic E-state index is 9.16. The summed E-state index contributed by atoms with van der Waals surface area (Å²) in [6.45, 7) is 1.93. The number of hydrogen-bond donors (Lipinski definition) is 2. The fourth-order valence-electron chi connectivity index (χ4n) is 2.78. The highest BCUT2D eigenvalue weighted by molar-refractivity contribution is 5.93. The van der Waals surface area contributed by atoms with Crippen LogP contribution in [0.1, 0.15) is 5.56 Å². The Bertz CT molecular complexity index is 767. The summed E-state index contributed by atoms with van der Waals surface area (Å²) in [5.41, 5.74) is 3.09. The molecule has 0 spiro atoms. The summed E-state index contributed by atoms with van der Waals surface area (Å²) in [5.74, 6) is 0. The first kappa shape index (κ1) is 14.9. The highest BCUT2D eigenvalue weighted by Crippen LogP contribution is 2.23. The van der Waals surface area contributed by atoms with Gasteiger partial charge in [-0.15, -0.1) is 0 Å². The molecule has 3 rings (SSSR count). The van der Waals surface area contributed by atoms with Gasteiger partial charge in [0.1, 0.15) is 0 Å². The second kappa shape index (κ2) is 6.83. The van der Waals surface area contributed by atoms with E-state index in [9.17, 15) is 0 Å². The number of aliphatic hydroxyl groups is 2. The molecule has 1 heterocycles. The van der Waals surface area contributed by atoms with E-state index in [1.807, 2.05) is 29.2 Å². The molecule has 22 heavy (non-hydrogen) atoms. The number of aliphatic hydroxyl groups excluding tert-OH is 2. The van der Waals surface area contributed by atoms with Crippen molar-refractivity contribution in [3.8, 4) is 0 Å². The molecule has 0 aliphatic rings. The molecule has 0 bridgehead atoms. The Morgan fingerprint density at radius 2 is 1.59 bits per heavy atom. The van der Waals surface area contributed by atoms with Crippen LogP contribution < -0.4 is 0 Å². The maximum Gasteiger partial charge on any atom is 0.0754 e. The second-order valence-electron chi connectivity index (χ2n) is 5.39. The van der Waals surface area contributed by atoms with Gasteiger partial charge in [-0.2, -0.15) is 0 Å². The summed E-state index contributed by atoms with van der Waals surface area (Å²) in [4.78, 5) is 6.83. The molecule has 0 radical (unpaired) electrons. The van der Waals surface area contributed by atoms with Crippen LogP contribution in [0, 0.1) is 0 Å². The van der Waals surface area contributed by atoms with E-state index in [0.717, 1.165) is 27.4 Å². The number of para-hydroxylation sites is 2. The number of pyridine rings is 1. The van der Waals surface area contributed by atoms with E-state index in [0.29, 0.717) is 19.6 Å². The third-order valence-electron chi connectivity index (χ3n) is 3.86. The Morgan fingerprint density at radius 1 is 0.864 bits per heavy atom. The smallest absolute Gasteiger partial charge is 0.0754 e. The zero-order valence-corrected chi connectivity index (χ0v) is 12.4. The molecule has 0 aliphatic heterocycles. The molecule has 0 aliphatic carbocycles. The third kappa shape index (κ3) is 3.09. The number of rotatable bonds is 6. The van der Waals surface area contributed by atoms with Crippen LogP contribution in [0.4, 0.5) is 0 Å². The predicted molar refractivity (Wildman–Crippen MR) is 88.7 cm³/mol. The van der Waals surface area contributed by atoms with E-state index < -0.39 is 0 Å². The van der Waals surface area contributed by atoms with Crippen LogP contribution in [-0.2, 0) is 6.54 Å². The summed E-state index contributed by atoms with van der Waals surface area (Å²) in [6.07, 6.45) is 0. The molecule has 0 unspecified atom stereocenters. The molecule has 0 atom stereocenters. The van der Waals surface area contributed by atoms with Gasteiger partial charge < -0.3 is 10.2 Å². The summed E-state index contributed by atoms with van der Waals surface area (Å²) in [5, 5.41) is 20.6. The maximum absolute atomic E-state index is 9.16. The lowest BCUT2D eigenvalue weighted by Gasteiger charge is -2.20. The van der Waals surface area contributed by atoms with E-state index in [4.69, 9.17) is 15.2 Å². The fraction of sp³-hybridized carbons (Fsp3) is 0.278. The monoisotopic (exact) mass is 296 g/mol. The van der Waals surface area contributed by atoms with Crippen molar-refractivity contribution in [2.45, 2.75) is 6.54 Å². The van der Waals surface area contributed by atoms with Crippen molar-refractivity contribution in [2.75, 3.05) is 26.3 Å². The number of fused-ring (bicyclic) bond motifs is 2. The predicted octanol–water partition coefficient (Wildman–Crippen LogP) is 2.17. The summed E-state index contributed by atoms with van der Waals surface area (Å²) >= 11 is 0. The first-order valence-electron chi connectivity index (χ1n) is 7.53. The molecule has 2 aromatic carbocycles. The molecule has 1 aromatic heterocycles. The van der Waals surface area contributed by atoms with Gasteiger partial charge in [0.15, 0.2) is 0 Å². The Labute approximate surface area is 129 Å². The topological polar surface area (TPSA) is 56.6 Å². The minimum absolute atomic E-state index is 0.0844. The molecule has 4 nitrogen and oxygen atoms in total. The zero-order chi connectivity index (χ0) is 15.4. The molecule has 0 fully saturated rings. The van der Waals surface area contributed by atoms with Crippen LogP contribution in [-0.4, -0.2) is 46.4 Å². The molecule has 3 aromatic rings. The summed E-state index contributed by atoms with van der Waals surface area (Å²) in [6, 6.07) is 16.4. The van der Waals surface area contributed by atoms with Gasteiger partial charge in [-0.25, -0.2) is 4.98 Å². The Morgan fingerprint density at radius 3 is 2.36 bits per heavy atom. The van der Waals surface area contributed by atoms with Crippen molar-refractivity contribution in [1.29, 1.82) is 0 Å². The number of aromatic nitrogens is 1. The average molecular weight is 296 g/mol. The molecule has 0 saturated carbocycles. The highest BCUT2D eigenvalue weighted by atomic mass is 16.3. The van der Waals surface area contributed by atoms with Crippen LogP contribution in [0.3, 0.4) is 0 Å². The molecular weight excluding hydrogens is 276 g/mol. The number of hydrogen-bond acceptors (Lipinski definition) is 4. The SMILES string of the molecule is OCCN(CCO)Cc1cccc2cc3ccccc3nc12. The van der Waals surface area contributed by atoms with Crippen LogP contribution in [0.2, 0.25) is 0 Å². The highest BCUT2D eigenvalue weighted by Gasteiger charge is 2.09. The van der Waals surface area contributed by atoms with Gasteiger partial charge in [0, 0.05) is 30.4 Å². The number of benzene rings is 2. The molecule has 114 valence electrons. The first-order chi connectivity index (χ1) is 10.8. The standard InChI is InChI=1S/C18H20N2O2/c21-10-8-20(9-11-22)13-16-6-3-5-15-12-14-4-1-2-7-17(14)19-18(15)16/h1-7,12,21-22H,8-11,13H2. The van der Waals surface area contributed by atoms with E-state index in [1.54, 1.807) is 0 Å². The lowest BCUT2D eigenvalue weighted by molar-refractivity contribution is 0.156. The minimum atomic E-state index is 0.0844. The van der Waals surface area contributed by atoms with Crippen molar-refractivity contribution < 1.29 is 10.2 Å². The van der Waals surface area contributed by atoms with Gasteiger partial charge in [-0.05, 0) is 17.7 Å². The normalized spacial score (nSPS) is 11.6. The lowest BCUT2D eigenvalue weighted by atomic mass is 10.1. The van der Waals surface area contributed by atoms with E-state index in [2.05, 4.69) is 24.3 Å². The number of nitrogens with zero attached hydrogens (tertiary/aromatic N) is 2. The Hall–Kier alpha value is -2.01. The molecule has 2 N–H and O–H groups in total. The van der Waals surface area contributed by atoms with Crippen molar-refractivity contribution in [1.82, 2.24) is 9.88 Å². The van der Waals surface area contributed by atoms with Crippen molar-refractivity contribution in [3.05, 3.63) is 54.1 Å². The van der Waals surface area contributed by atoms with Crippen LogP contribution >= 0.6 is 0 Å². The quantitative estimate of drug-likeness (QED) is 0.685. The average Bonchev–Trinajstić information content (AvgIpc) is 2.54. The molecule has 0 amide bonds. The van der Waals surface area contributed by atoms with Crippen molar-refractivity contribution in [3.63, 3.8) is 0 Å². The van der Waals surface area contributed by atoms with Crippen LogP contribution in [0.5, 0.6) is 0 Å².